The Kier molecular flexibility index (Phi) is 3.33. The maximum Gasteiger partial charge on any atom is -0.0108 e. The molecule has 0 nitrogen and oxygen atoms in total. The van der Waals surface area contributed by atoms with Gasteiger partial charge in [0.15, 0.2) is 0 Å². The Labute approximate surface area is 115 Å². The van der Waals surface area contributed by atoms with Gasteiger partial charge in [-0.3, -0.25) is 0 Å². The Morgan fingerprint density at radius 2 is 1.32 bits per heavy atom. The van der Waals surface area contributed by atoms with E-state index in [2.05, 4.69) is 73.7 Å². The first-order valence-electron chi connectivity index (χ1n) is 6.97. The van der Waals surface area contributed by atoms with Crippen LogP contribution in [-0.2, 0) is 0 Å². The van der Waals surface area contributed by atoms with E-state index in [1.807, 2.05) is 0 Å². The smallest absolute Gasteiger partial charge is 0.0108 e. The Balaban J connectivity index is 2.24. The van der Waals surface area contributed by atoms with Gasteiger partial charge in [-0.05, 0) is 34.2 Å². The summed E-state index contributed by atoms with van der Waals surface area (Å²) < 4.78 is 0. The van der Waals surface area contributed by atoms with Gasteiger partial charge in [0.25, 0.3) is 0 Å². The highest BCUT2D eigenvalue weighted by atomic mass is 14.2. The van der Waals surface area contributed by atoms with E-state index < -0.39 is 0 Å². The second kappa shape index (κ2) is 5.27. The molecular weight excluding hydrogens is 228 g/mol. The van der Waals surface area contributed by atoms with Crippen molar-refractivity contribution in [3.63, 3.8) is 0 Å². The number of fused-ring (bicyclic) bond motifs is 2. The van der Waals surface area contributed by atoms with E-state index in [-0.39, 0.29) is 0 Å². The molecule has 0 N–H and O–H groups in total. The third-order valence-electron chi connectivity index (χ3n) is 3.58. The molecule has 0 unspecified atom stereocenters. The Bertz CT molecular complexity index is 593. The lowest BCUT2D eigenvalue weighted by molar-refractivity contribution is 0.960. The molecule has 0 spiro atoms. The van der Waals surface area contributed by atoms with Crippen molar-refractivity contribution >= 4 is 17.7 Å². The molecule has 0 heteroatoms. The third kappa shape index (κ3) is 2.26. The Morgan fingerprint density at radius 3 is 1.84 bits per heavy atom. The molecule has 0 atom stereocenters. The van der Waals surface area contributed by atoms with Crippen molar-refractivity contribution < 1.29 is 0 Å². The number of unbranched alkanes of at least 4 members (excludes halogenated alkanes) is 1. The maximum atomic E-state index is 2.38. The summed E-state index contributed by atoms with van der Waals surface area (Å²) in [4.78, 5) is 0. The lowest BCUT2D eigenvalue weighted by Crippen LogP contribution is -1.91. The molecule has 1 aliphatic carbocycles. The lowest BCUT2D eigenvalue weighted by Gasteiger charge is -2.11. The highest BCUT2D eigenvalue weighted by Crippen LogP contribution is 2.33. The second-order valence-electron chi connectivity index (χ2n) is 4.91. The maximum absolute atomic E-state index is 2.38. The molecule has 0 aliphatic heterocycles. The fourth-order valence-electron chi connectivity index (χ4n) is 2.61. The molecule has 0 aromatic heterocycles. The number of rotatable bonds is 2. The van der Waals surface area contributed by atoms with Crippen LogP contribution in [0.25, 0.3) is 17.7 Å². The minimum atomic E-state index is 1.12. The summed E-state index contributed by atoms with van der Waals surface area (Å²) in [6, 6.07) is 17.3. The molecule has 0 radical (unpaired) electrons. The van der Waals surface area contributed by atoms with Crippen molar-refractivity contribution in [2.75, 3.05) is 0 Å². The van der Waals surface area contributed by atoms with Crippen LogP contribution >= 0.6 is 0 Å². The first-order chi connectivity index (χ1) is 9.40. The van der Waals surface area contributed by atoms with E-state index in [9.17, 15) is 0 Å². The fourth-order valence-corrected chi connectivity index (χ4v) is 2.61. The number of hydrogen-bond donors (Lipinski definition) is 0. The Hall–Kier alpha value is -2.08. The fraction of sp³-hybridized carbons (Fsp3) is 0.158. The van der Waals surface area contributed by atoms with E-state index in [4.69, 9.17) is 0 Å². The van der Waals surface area contributed by atoms with Gasteiger partial charge >= 0.3 is 0 Å². The zero-order valence-corrected chi connectivity index (χ0v) is 11.3. The molecule has 0 heterocycles. The van der Waals surface area contributed by atoms with E-state index in [1.54, 1.807) is 0 Å². The predicted molar refractivity (Wildman–Crippen MR) is 83.8 cm³/mol. The summed E-state index contributed by atoms with van der Waals surface area (Å²) in [5.41, 5.74) is 6.68. The van der Waals surface area contributed by atoms with Crippen molar-refractivity contribution in [2.24, 2.45) is 0 Å². The number of allylic oxidation sites excluding steroid dienone is 1. The Morgan fingerprint density at radius 1 is 0.789 bits per heavy atom. The monoisotopic (exact) mass is 246 g/mol. The quantitative estimate of drug-likeness (QED) is 0.567. The highest BCUT2D eigenvalue weighted by Gasteiger charge is 2.13. The second-order valence-corrected chi connectivity index (χ2v) is 4.91. The molecule has 0 saturated heterocycles. The van der Waals surface area contributed by atoms with Crippen molar-refractivity contribution in [3.8, 4) is 0 Å². The van der Waals surface area contributed by atoms with Crippen molar-refractivity contribution in [1.29, 1.82) is 0 Å². The van der Waals surface area contributed by atoms with Crippen LogP contribution in [0.3, 0.4) is 0 Å². The van der Waals surface area contributed by atoms with Crippen LogP contribution in [0.15, 0.2) is 54.6 Å². The van der Waals surface area contributed by atoms with Crippen LogP contribution in [0.5, 0.6) is 0 Å². The molecule has 0 bridgehead atoms. The summed E-state index contributed by atoms with van der Waals surface area (Å²) in [7, 11) is 0. The zero-order valence-electron chi connectivity index (χ0n) is 11.3. The molecule has 94 valence electrons. The minimum absolute atomic E-state index is 1.12. The minimum Gasteiger partial charge on any atom is -0.0760 e. The van der Waals surface area contributed by atoms with E-state index in [1.165, 1.54) is 34.2 Å². The van der Waals surface area contributed by atoms with E-state index in [0.717, 1.165) is 6.42 Å². The molecule has 19 heavy (non-hydrogen) atoms. The SMILES string of the molecule is CCCC=C1c2ccccc2C=Cc2ccccc21. The van der Waals surface area contributed by atoms with Crippen molar-refractivity contribution in [2.45, 2.75) is 19.8 Å². The first-order valence-corrected chi connectivity index (χ1v) is 6.97. The van der Waals surface area contributed by atoms with E-state index >= 15 is 0 Å². The predicted octanol–water partition coefficient (Wildman–Crippen LogP) is 5.40. The summed E-state index contributed by atoms with van der Waals surface area (Å²) in [5, 5.41) is 0. The summed E-state index contributed by atoms with van der Waals surface area (Å²) in [6.45, 7) is 2.23. The van der Waals surface area contributed by atoms with Gasteiger partial charge in [-0.25, -0.2) is 0 Å². The lowest BCUT2D eigenvalue weighted by atomic mass is 9.92. The normalized spacial score (nSPS) is 12.6. The van der Waals surface area contributed by atoms with Crippen LogP contribution in [0.4, 0.5) is 0 Å². The molecule has 2 aromatic carbocycles. The molecule has 0 amide bonds. The van der Waals surface area contributed by atoms with Gasteiger partial charge in [0, 0.05) is 0 Å². The van der Waals surface area contributed by atoms with E-state index in [0.29, 0.717) is 0 Å². The van der Waals surface area contributed by atoms with Crippen LogP contribution < -0.4 is 0 Å². The molecule has 1 aliphatic rings. The molecule has 0 fully saturated rings. The van der Waals surface area contributed by atoms with Gasteiger partial charge in [0.05, 0.1) is 0 Å². The molecule has 2 aromatic rings. The average Bonchev–Trinajstić information content (AvgIpc) is 2.62. The van der Waals surface area contributed by atoms with Gasteiger partial charge < -0.3 is 0 Å². The summed E-state index contributed by atoms with van der Waals surface area (Å²) in [6.07, 6.45) is 9.13. The van der Waals surface area contributed by atoms with Crippen molar-refractivity contribution in [3.05, 3.63) is 76.9 Å². The molecular formula is C19H18. The molecule has 3 rings (SSSR count). The zero-order chi connectivity index (χ0) is 13.1. The molecule has 0 saturated carbocycles. The van der Waals surface area contributed by atoms with Gasteiger partial charge in [-0.2, -0.15) is 0 Å². The van der Waals surface area contributed by atoms with Crippen LogP contribution in [0, 0.1) is 0 Å². The summed E-state index contributed by atoms with van der Waals surface area (Å²) >= 11 is 0. The van der Waals surface area contributed by atoms with Gasteiger partial charge in [0.2, 0.25) is 0 Å². The standard InChI is InChI=1S/C19H18/c1-2-3-10-19-17-11-6-4-8-15(17)13-14-16-9-5-7-12-18(16)19/h4-14H,2-3H2,1H3. The summed E-state index contributed by atoms with van der Waals surface area (Å²) in [5.74, 6) is 0. The first kappa shape index (κ1) is 12.0. The van der Waals surface area contributed by atoms with Crippen LogP contribution in [-0.4, -0.2) is 0 Å². The third-order valence-corrected chi connectivity index (χ3v) is 3.58. The van der Waals surface area contributed by atoms with Gasteiger partial charge in [-0.1, -0.05) is 80.1 Å². The number of benzene rings is 2. The van der Waals surface area contributed by atoms with Gasteiger partial charge in [0.1, 0.15) is 0 Å². The highest BCUT2D eigenvalue weighted by molar-refractivity contribution is 5.93. The van der Waals surface area contributed by atoms with Crippen LogP contribution in [0.1, 0.15) is 42.0 Å². The van der Waals surface area contributed by atoms with Gasteiger partial charge in [-0.15, -0.1) is 0 Å². The van der Waals surface area contributed by atoms with Crippen LogP contribution in [0.2, 0.25) is 0 Å². The average molecular weight is 246 g/mol. The topological polar surface area (TPSA) is 0 Å². The largest absolute Gasteiger partial charge is 0.0760 e. The number of hydrogen-bond acceptors (Lipinski definition) is 0. The van der Waals surface area contributed by atoms with Crippen molar-refractivity contribution in [1.82, 2.24) is 0 Å².